The minimum absolute atomic E-state index is 0.193. The molecule has 0 atom stereocenters. The summed E-state index contributed by atoms with van der Waals surface area (Å²) in [5.41, 5.74) is 1.48. The van der Waals surface area contributed by atoms with Crippen LogP contribution < -0.4 is 0 Å². The number of carbonyl (C=O) groups is 1. The van der Waals surface area contributed by atoms with Crippen LogP contribution in [0.3, 0.4) is 0 Å². The number of hydrogen-bond donors (Lipinski definition) is 0. The zero-order valence-corrected chi connectivity index (χ0v) is 10.3. The predicted molar refractivity (Wildman–Crippen MR) is 60.0 cm³/mol. The molecule has 0 saturated heterocycles. The Balaban J connectivity index is 3.17. The third-order valence-corrected chi connectivity index (χ3v) is 3.94. The third-order valence-electron chi connectivity index (χ3n) is 2.21. The van der Waals surface area contributed by atoms with Gasteiger partial charge in [0.05, 0.1) is 12.0 Å². The lowest BCUT2D eigenvalue weighted by Crippen LogP contribution is -2.18. The summed E-state index contributed by atoms with van der Waals surface area (Å²) in [6, 6.07) is 5.11. The predicted octanol–water partition coefficient (Wildman–Crippen LogP) is 1.25. The van der Waals surface area contributed by atoms with Gasteiger partial charge in [-0.2, -0.15) is 0 Å². The highest BCUT2D eigenvalue weighted by atomic mass is 32.2. The lowest BCUT2D eigenvalue weighted by Gasteiger charge is -2.07. The molecule has 0 aliphatic rings. The Hall–Kier alpha value is -1.36. The molecule has 88 valence electrons. The standard InChI is InChI=1S/C11H14O4S/c1-8-4-5-9(2)10(6-8)16(13,14)7-11(12)15-3/h4-6H,7H2,1-3H3. The molecule has 0 bridgehead atoms. The first-order valence-corrected chi connectivity index (χ1v) is 6.39. The highest BCUT2D eigenvalue weighted by Gasteiger charge is 2.21. The van der Waals surface area contributed by atoms with Gasteiger partial charge in [0, 0.05) is 0 Å². The van der Waals surface area contributed by atoms with E-state index in [0.29, 0.717) is 5.56 Å². The van der Waals surface area contributed by atoms with Crippen molar-refractivity contribution in [1.82, 2.24) is 0 Å². The lowest BCUT2D eigenvalue weighted by molar-refractivity contribution is -0.137. The first kappa shape index (κ1) is 12.7. The van der Waals surface area contributed by atoms with Crippen LogP contribution in [0.2, 0.25) is 0 Å². The van der Waals surface area contributed by atoms with Crippen LogP contribution in [-0.4, -0.2) is 27.2 Å². The van der Waals surface area contributed by atoms with E-state index >= 15 is 0 Å². The molecular weight excluding hydrogens is 228 g/mol. The molecule has 5 heteroatoms. The lowest BCUT2D eigenvalue weighted by atomic mass is 10.2. The molecular formula is C11H14O4S. The number of hydrogen-bond acceptors (Lipinski definition) is 4. The molecule has 1 aromatic rings. The molecule has 0 N–H and O–H groups in total. The summed E-state index contributed by atoms with van der Waals surface area (Å²) in [7, 11) is -2.43. The summed E-state index contributed by atoms with van der Waals surface area (Å²) < 4.78 is 28.1. The van der Waals surface area contributed by atoms with Crippen LogP contribution in [0.1, 0.15) is 11.1 Å². The SMILES string of the molecule is COC(=O)CS(=O)(=O)c1cc(C)ccc1C. The zero-order valence-electron chi connectivity index (χ0n) is 9.48. The van der Waals surface area contributed by atoms with Crippen molar-refractivity contribution in [3.63, 3.8) is 0 Å². The van der Waals surface area contributed by atoms with Crippen LogP contribution >= 0.6 is 0 Å². The fourth-order valence-electron chi connectivity index (χ4n) is 1.33. The highest BCUT2D eigenvalue weighted by Crippen LogP contribution is 2.18. The van der Waals surface area contributed by atoms with Gasteiger partial charge in [0.1, 0.15) is 0 Å². The molecule has 4 nitrogen and oxygen atoms in total. The molecule has 0 spiro atoms. The molecule has 0 saturated carbocycles. The number of ether oxygens (including phenoxy) is 1. The number of methoxy groups -OCH3 is 1. The topological polar surface area (TPSA) is 60.4 Å². The minimum atomic E-state index is -3.60. The number of benzene rings is 1. The van der Waals surface area contributed by atoms with Gasteiger partial charge >= 0.3 is 5.97 Å². The quantitative estimate of drug-likeness (QED) is 0.748. The van der Waals surface area contributed by atoms with E-state index in [9.17, 15) is 13.2 Å². The summed E-state index contributed by atoms with van der Waals surface area (Å²) in [6.07, 6.45) is 0. The van der Waals surface area contributed by atoms with Crippen LogP contribution in [0.25, 0.3) is 0 Å². The number of sulfone groups is 1. The van der Waals surface area contributed by atoms with E-state index in [2.05, 4.69) is 4.74 Å². The van der Waals surface area contributed by atoms with Gasteiger partial charge in [0.15, 0.2) is 15.6 Å². The molecule has 0 aliphatic heterocycles. The van der Waals surface area contributed by atoms with Gasteiger partial charge in [-0.3, -0.25) is 4.79 Å². The molecule has 0 aliphatic carbocycles. The number of carbonyl (C=O) groups excluding carboxylic acids is 1. The Kier molecular flexibility index (Phi) is 3.70. The molecule has 0 unspecified atom stereocenters. The summed E-state index contributed by atoms with van der Waals surface area (Å²) in [6.45, 7) is 3.50. The molecule has 0 heterocycles. The molecule has 0 radical (unpaired) electrons. The van der Waals surface area contributed by atoms with Crippen molar-refractivity contribution in [2.45, 2.75) is 18.7 Å². The van der Waals surface area contributed by atoms with E-state index in [0.717, 1.165) is 5.56 Å². The summed E-state index contributed by atoms with van der Waals surface area (Å²) in [4.78, 5) is 11.2. The first-order valence-electron chi connectivity index (χ1n) is 4.73. The van der Waals surface area contributed by atoms with Crippen LogP contribution in [0.5, 0.6) is 0 Å². The van der Waals surface area contributed by atoms with Crippen molar-refractivity contribution in [2.24, 2.45) is 0 Å². The molecule has 16 heavy (non-hydrogen) atoms. The van der Waals surface area contributed by atoms with E-state index in [4.69, 9.17) is 0 Å². The average molecular weight is 242 g/mol. The van der Waals surface area contributed by atoms with Crippen LogP contribution in [0.15, 0.2) is 23.1 Å². The summed E-state index contributed by atoms with van der Waals surface area (Å²) in [5.74, 6) is -1.37. The van der Waals surface area contributed by atoms with Crippen LogP contribution in [0.4, 0.5) is 0 Å². The van der Waals surface area contributed by atoms with Crippen molar-refractivity contribution in [2.75, 3.05) is 12.9 Å². The average Bonchev–Trinajstić information content (AvgIpc) is 2.20. The second-order valence-corrected chi connectivity index (χ2v) is 5.56. The minimum Gasteiger partial charge on any atom is -0.468 e. The second kappa shape index (κ2) is 4.65. The third kappa shape index (κ3) is 2.82. The molecule has 0 amide bonds. The van der Waals surface area contributed by atoms with Crippen molar-refractivity contribution in [3.8, 4) is 0 Å². The van der Waals surface area contributed by atoms with E-state index < -0.39 is 21.6 Å². The van der Waals surface area contributed by atoms with Gasteiger partial charge in [-0.05, 0) is 31.0 Å². The molecule has 1 rings (SSSR count). The van der Waals surface area contributed by atoms with Gasteiger partial charge in [-0.15, -0.1) is 0 Å². The van der Waals surface area contributed by atoms with Gasteiger partial charge in [-0.1, -0.05) is 12.1 Å². The van der Waals surface area contributed by atoms with Gasteiger partial charge in [0.25, 0.3) is 0 Å². The number of aryl methyl sites for hydroxylation is 2. The smallest absolute Gasteiger partial charge is 0.321 e. The van der Waals surface area contributed by atoms with Crippen LogP contribution in [0, 0.1) is 13.8 Å². The van der Waals surface area contributed by atoms with Crippen molar-refractivity contribution in [3.05, 3.63) is 29.3 Å². The van der Waals surface area contributed by atoms with E-state index in [1.807, 2.05) is 6.07 Å². The van der Waals surface area contributed by atoms with Crippen molar-refractivity contribution >= 4 is 15.8 Å². The Morgan fingerprint density at radius 3 is 2.50 bits per heavy atom. The molecule has 1 aromatic carbocycles. The normalized spacial score (nSPS) is 11.2. The maximum Gasteiger partial charge on any atom is 0.321 e. The largest absolute Gasteiger partial charge is 0.468 e. The zero-order chi connectivity index (χ0) is 12.3. The monoisotopic (exact) mass is 242 g/mol. The first-order chi connectivity index (χ1) is 7.36. The molecule has 0 fully saturated rings. The van der Waals surface area contributed by atoms with Crippen molar-refractivity contribution in [1.29, 1.82) is 0 Å². The summed E-state index contributed by atoms with van der Waals surface area (Å²) >= 11 is 0. The Labute approximate surface area is 95.2 Å². The van der Waals surface area contributed by atoms with E-state index in [1.165, 1.54) is 7.11 Å². The van der Waals surface area contributed by atoms with Gasteiger partial charge in [0.2, 0.25) is 0 Å². The second-order valence-electron chi connectivity index (χ2n) is 3.60. The maximum atomic E-state index is 11.9. The van der Waals surface area contributed by atoms with Crippen molar-refractivity contribution < 1.29 is 17.9 Å². The number of rotatable bonds is 3. The van der Waals surface area contributed by atoms with Gasteiger partial charge < -0.3 is 4.74 Å². The Morgan fingerprint density at radius 1 is 1.31 bits per heavy atom. The molecule has 0 aromatic heterocycles. The van der Waals surface area contributed by atoms with Crippen LogP contribution in [-0.2, 0) is 19.4 Å². The Morgan fingerprint density at radius 2 is 1.94 bits per heavy atom. The van der Waals surface area contributed by atoms with E-state index in [1.54, 1.807) is 26.0 Å². The highest BCUT2D eigenvalue weighted by molar-refractivity contribution is 7.92. The maximum absolute atomic E-state index is 11.9. The van der Waals surface area contributed by atoms with Gasteiger partial charge in [-0.25, -0.2) is 8.42 Å². The summed E-state index contributed by atoms with van der Waals surface area (Å²) in [5, 5.41) is 0. The fourth-order valence-corrected chi connectivity index (χ4v) is 2.84. The van der Waals surface area contributed by atoms with E-state index in [-0.39, 0.29) is 4.90 Å². The number of esters is 1. The fraction of sp³-hybridized carbons (Fsp3) is 0.364. The Bertz CT molecular complexity index is 503.